The molecule has 18 aromatic carbocycles. The van der Waals surface area contributed by atoms with Crippen molar-refractivity contribution < 1.29 is 0 Å². The second-order valence-electron chi connectivity index (χ2n) is 39.5. The Labute approximate surface area is 787 Å². The molecule has 2 fully saturated rings. The van der Waals surface area contributed by atoms with Gasteiger partial charge in [-0.05, 0) is 291 Å². The Hall–Kier alpha value is -14.4. The predicted octanol–water partition coefficient (Wildman–Crippen LogP) is 34.6. The number of hydrogen-bond donors (Lipinski definition) is 1. The predicted molar refractivity (Wildman–Crippen MR) is 559 cm³/mol. The topological polar surface area (TPSA) is 25.1 Å². The van der Waals surface area contributed by atoms with Crippen molar-refractivity contribution in [3.8, 4) is 78.1 Å². The highest BCUT2D eigenvalue weighted by molar-refractivity contribution is 9.10. The first-order valence-electron chi connectivity index (χ1n) is 48.3. The van der Waals surface area contributed by atoms with E-state index in [2.05, 4.69) is 463 Å². The first-order valence-corrected chi connectivity index (χ1v) is 49.0. The first kappa shape index (κ1) is 79.6. The summed E-state index contributed by atoms with van der Waals surface area (Å²) in [5, 5.41) is 9.06. The average molecular weight is 1780 g/mol. The Morgan fingerprint density at radius 1 is 0.241 bits per heavy atom. The van der Waals surface area contributed by atoms with Crippen LogP contribution in [0.1, 0.15) is 182 Å². The van der Waals surface area contributed by atoms with Gasteiger partial charge in [-0.25, -0.2) is 0 Å². The second kappa shape index (κ2) is 30.9. The molecule has 2 saturated carbocycles. The van der Waals surface area contributed by atoms with Crippen molar-refractivity contribution in [2.24, 2.45) is 0 Å². The molecule has 0 radical (unpaired) electrons. The molecular weight excluding hydrogens is 1670 g/mol. The van der Waals surface area contributed by atoms with Gasteiger partial charge in [0.25, 0.3) is 0 Å². The number of rotatable bonds is 9. The number of fused-ring (bicyclic) bond motifs is 32. The summed E-state index contributed by atoms with van der Waals surface area (Å²) in [6.45, 7) is 9.46. The lowest BCUT2D eigenvalue weighted by molar-refractivity contribution is 0.444. The molecule has 0 amide bonds. The Morgan fingerprint density at radius 2 is 0.519 bits per heavy atom. The third-order valence-electron chi connectivity index (χ3n) is 31.9. The van der Waals surface area contributed by atoms with Crippen LogP contribution in [0.25, 0.3) is 122 Å². The van der Waals surface area contributed by atoms with Crippen molar-refractivity contribution in [1.82, 2.24) is 9.13 Å². The highest BCUT2D eigenvalue weighted by Crippen LogP contribution is 2.66. The zero-order chi connectivity index (χ0) is 88.6. The van der Waals surface area contributed by atoms with Crippen molar-refractivity contribution in [2.45, 2.75) is 125 Å². The number of aromatic nitrogens is 2. The van der Waals surface area contributed by atoms with Gasteiger partial charge < -0.3 is 19.4 Å². The van der Waals surface area contributed by atoms with E-state index in [4.69, 9.17) is 0 Å². The molecule has 0 unspecified atom stereocenters. The summed E-state index contributed by atoms with van der Waals surface area (Å²) in [5.74, 6) is 1.35. The minimum absolute atomic E-state index is 0.0233. The highest BCUT2D eigenvalue weighted by atomic mass is 79.9. The maximum Gasteiger partial charge on any atom is 0.0726 e. The molecule has 0 atom stereocenters. The maximum absolute atomic E-state index is 3.81. The van der Waals surface area contributed by atoms with Gasteiger partial charge in [0, 0.05) is 76.7 Å². The Bertz CT molecular complexity index is 8040. The van der Waals surface area contributed by atoms with Gasteiger partial charge in [-0.2, -0.15) is 0 Å². The number of nitrogens with zero attached hydrogens (tertiary/aromatic N) is 3. The highest BCUT2D eigenvalue weighted by Gasteiger charge is 2.54. The number of para-hydroxylation sites is 2. The minimum Gasteiger partial charge on any atom is -0.356 e. The monoisotopic (exact) mass is 1770 g/mol. The van der Waals surface area contributed by atoms with Gasteiger partial charge in [-0.3, -0.25) is 0 Å². The summed E-state index contributed by atoms with van der Waals surface area (Å²) in [7, 11) is 0. The van der Waals surface area contributed by atoms with Gasteiger partial charge in [0.1, 0.15) is 0 Å². The van der Waals surface area contributed by atoms with Crippen LogP contribution in [0.2, 0.25) is 0 Å². The fourth-order valence-electron chi connectivity index (χ4n) is 25.9. The lowest BCUT2D eigenvalue weighted by atomic mass is 9.70. The van der Waals surface area contributed by atoms with Crippen LogP contribution < -0.4 is 10.2 Å². The van der Waals surface area contributed by atoms with E-state index < -0.39 is 5.41 Å². The van der Waals surface area contributed by atoms with Crippen molar-refractivity contribution in [1.29, 1.82) is 0 Å². The fourth-order valence-corrected chi connectivity index (χ4v) is 26.2. The number of anilines is 5. The summed E-state index contributed by atoms with van der Waals surface area (Å²) >= 11 is 3.66. The molecule has 8 aliphatic carbocycles. The van der Waals surface area contributed by atoms with Crippen LogP contribution in [0.15, 0.2) is 405 Å². The standard InChI is InChI=1S/C64H50N2.C40H29N.C24H22BrN/c1-63(2)55-25-13-9-21-47(55)51-34-30-44(38-59(51)63)65(46-32-36-54-53-33-29-42(41-17-5-3-6-18-41)37-61(53)66(62(54)40-46)43-19-7-4-8-20-43)45-31-35-52-50-24-12-16-28-58(50)64(60(52)39-45)56-26-14-10-22-48(56)49-23-11-15-27-57(49)64;1-39(2)33-15-7-3-11-27(33)31-21-19-25(23-37(31)39)41-26-20-22-32-30-14-6-10-18-36(30)40(38(32)24-26)34-16-8-4-12-28(34)29-13-5-9-17-35(29)40;25-19-12-14-22-21-13-11-18(17-7-3-1-4-8-17)15-23(21)26(24(22)16-19)20-9-5-2-6-10-20/h4,7-16,19-41H,3,5-6,17-18H2,1-2H3;3-24,41H,1-2H3;2,5-6,9-17H,1,3-4,7-8H2. The molecule has 20 aromatic rings. The van der Waals surface area contributed by atoms with Crippen LogP contribution >= 0.6 is 15.9 Å². The summed E-state index contributed by atoms with van der Waals surface area (Å²) in [6, 6.07) is 151. The number of hydrogen-bond acceptors (Lipinski definition) is 2. The molecule has 2 heterocycles. The number of benzene rings is 18. The Morgan fingerprint density at radius 3 is 0.925 bits per heavy atom. The summed E-state index contributed by atoms with van der Waals surface area (Å²) < 4.78 is 6.07. The number of nitrogens with one attached hydrogen (secondary N) is 1. The molecule has 28 rings (SSSR count). The van der Waals surface area contributed by atoms with E-state index in [1.165, 1.54) is 264 Å². The quantitative estimate of drug-likeness (QED) is 0.156. The third-order valence-corrected chi connectivity index (χ3v) is 32.4. The molecule has 5 heteroatoms. The smallest absolute Gasteiger partial charge is 0.0726 e. The van der Waals surface area contributed by atoms with Gasteiger partial charge in [0.2, 0.25) is 0 Å². The summed E-state index contributed by atoms with van der Waals surface area (Å²) in [5.41, 5.74) is 47.7. The number of halogens is 1. The zero-order valence-corrected chi connectivity index (χ0v) is 77.1. The van der Waals surface area contributed by atoms with Crippen LogP contribution in [0.5, 0.6) is 0 Å². The summed E-state index contributed by atoms with van der Waals surface area (Å²) in [4.78, 5) is 2.54. The van der Waals surface area contributed by atoms with E-state index in [0.717, 1.165) is 38.8 Å². The molecule has 133 heavy (non-hydrogen) atoms. The summed E-state index contributed by atoms with van der Waals surface area (Å²) in [6.07, 6.45) is 13.4. The van der Waals surface area contributed by atoms with Crippen LogP contribution in [-0.4, -0.2) is 9.13 Å². The maximum atomic E-state index is 3.81. The third kappa shape index (κ3) is 12.0. The molecule has 2 spiro atoms. The van der Waals surface area contributed by atoms with Crippen LogP contribution in [0.4, 0.5) is 28.4 Å². The SMILES string of the molecule is Brc1ccc2c3ccc(C4CCCCC4)cc3n(-c3ccccc3)c2c1.CC1(C)c2ccccc2-c2ccc(N(c3ccc4c(c3)C3(c5ccccc5-c5ccccc53)c3ccccc3-4)c3ccc4c5ccc(C6CCCCC6)cc5n(-c5ccccc5)c4c3)cc21.CC1(C)c2ccccc2-c2ccc(Nc3ccc4c(c3)C3(c5ccccc5-c5ccccc53)c3ccccc3-4)cc21. The Balaban J connectivity index is 0.000000117. The fraction of sp³-hybridized carbons (Fsp3) is 0.156. The molecular formula is C128H101BrN4. The van der Waals surface area contributed by atoms with Crippen molar-refractivity contribution >= 4 is 88.0 Å². The molecule has 640 valence electrons. The van der Waals surface area contributed by atoms with Crippen molar-refractivity contribution in [3.05, 3.63) is 483 Å². The molecule has 1 N–H and O–H groups in total. The van der Waals surface area contributed by atoms with Gasteiger partial charge in [-0.15, -0.1) is 0 Å². The molecule has 0 saturated heterocycles. The van der Waals surface area contributed by atoms with E-state index in [0.29, 0.717) is 5.92 Å². The van der Waals surface area contributed by atoms with Gasteiger partial charge in [0.15, 0.2) is 0 Å². The minimum atomic E-state index is -0.442. The van der Waals surface area contributed by atoms with E-state index in [1.54, 1.807) is 0 Å². The van der Waals surface area contributed by atoms with Gasteiger partial charge in [-0.1, -0.05) is 373 Å². The molecule has 8 aliphatic rings. The lowest BCUT2D eigenvalue weighted by Gasteiger charge is -2.32. The first-order chi connectivity index (χ1) is 65.4. The van der Waals surface area contributed by atoms with Crippen LogP contribution in [0.3, 0.4) is 0 Å². The van der Waals surface area contributed by atoms with E-state index in [9.17, 15) is 0 Å². The molecule has 0 bridgehead atoms. The van der Waals surface area contributed by atoms with Gasteiger partial charge in [0.05, 0.1) is 32.9 Å². The largest absolute Gasteiger partial charge is 0.356 e. The average Bonchev–Trinajstić information content (AvgIpc) is 1.51. The van der Waals surface area contributed by atoms with E-state index in [-0.39, 0.29) is 16.2 Å². The van der Waals surface area contributed by atoms with E-state index in [1.807, 2.05) is 0 Å². The molecule has 2 aromatic heterocycles. The lowest BCUT2D eigenvalue weighted by Crippen LogP contribution is -2.26. The second-order valence-corrected chi connectivity index (χ2v) is 40.4. The van der Waals surface area contributed by atoms with Crippen molar-refractivity contribution in [3.63, 3.8) is 0 Å². The Kier molecular flexibility index (Phi) is 18.5. The zero-order valence-electron chi connectivity index (χ0n) is 75.6. The van der Waals surface area contributed by atoms with E-state index >= 15 is 0 Å². The van der Waals surface area contributed by atoms with Crippen LogP contribution in [-0.2, 0) is 21.7 Å². The molecule has 0 aliphatic heterocycles. The van der Waals surface area contributed by atoms with Crippen molar-refractivity contribution in [2.75, 3.05) is 10.2 Å². The van der Waals surface area contributed by atoms with Gasteiger partial charge >= 0.3 is 0 Å². The molecule has 4 nitrogen and oxygen atoms in total. The normalized spacial score (nSPS) is 15.7. The van der Waals surface area contributed by atoms with Crippen LogP contribution in [0, 0.1) is 0 Å².